The van der Waals surface area contributed by atoms with Crippen LogP contribution < -0.4 is 5.32 Å². The van der Waals surface area contributed by atoms with Crippen LogP contribution in [0, 0.1) is 0 Å². The summed E-state index contributed by atoms with van der Waals surface area (Å²) < 4.78 is 0. The van der Waals surface area contributed by atoms with Crippen molar-refractivity contribution >= 4 is 12.2 Å². The first-order chi connectivity index (χ1) is 6.74. The van der Waals surface area contributed by atoms with Crippen LogP contribution in [0.2, 0.25) is 0 Å². The summed E-state index contributed by atoms with van der Waals surface area (Å²) in [7, 11) is 0. The topological polar surface area (TPSA) is 46.2 Å². The van der Waals surface area contributed by atoms with E-state index in [0.29, 0.717) is 18.5 Å². The van der Waals surface area contributed by atoms with Crippen molar-refractivity contribution in [2.75, 3.05) is 6.54 Å². The first-order valence-electron chi connectivity index (χ1n) is 4.51. The quantitative estimate of drug-likeness (QED) is 0.726. The zero-order valence-corrected chi connectivity index (χ0v) is 8.12. The summed E-state index contributed by atoms with van der Waals surface area (Å²) in [6, 6.07) is 7.38. The van der Waals surface area contributed by atoms with Gasteiger partial charge >= 0.3 is 0 Å². The standard InChI is InChI=1S/C11H13NO2/c1-9(14)12-7-6-10-4-2-3-5-11(10)8-13/h2-5,8H,6-7H2,1H3,(H,12,14). The van der Waals surface area contributed by atoms with Crippen molar-refractivity contribution in [1.82, 2.24) is 5.32 Å². The fourth-order valence-corrected chi connectivity index (χ4v) is 1.25. The van der Waals surface area contributed by atoms with Crippen LogP contribution in [0.4, 0.5) is 0 Å². The van der Waals surface area contributed by atoms with E-state index in [1.54, 1.807) is 6.07 Å². The van der Waals surface area contributed by atoms with Crippen LogP contribution in [0.5, 0.6) is 0 Å². The van der Waals surface area contributed by atoms with E-state index in [1.807, 2.05) is 18.2 Å². The molecule has 14 heavy (non-hydrogen) atoms. The van der Waals surface area contributed by atoms with Crippen LogP contribution in [0.25, 0.3) is 0 Å². The number of rotatable bonds is 4. The van der Waals surface area contributed by atoms with Gasteiger partial charge in [0.25, 0.3) is 0 Å². The predicted molar refractivity (Wildman–Crippen MR) is 54.2 cm³/mol. The minimum atomic E-state index is -0.0476. The van der Waals surface area contributed by atoms with Crippen molar-refractivity contribution in [2.45, 2.75) is 13.3 Å². The van der Waals surface area contributed by atoms with E-state index in [-0.39, 0.29) is 5.91 Å². The second kappa shape index (κ2) is 5.17. The van der Waals surface area contributed by atoms with Gasteiger partial charge in [0.2, 0.25) is 5.91 Å². The molecule has 0 saturated heterocycles. The zero-order chi connectivity index (χ0) is 10.4. The van der Waals surface area contributed by atoms with E-state index in [2.05, 4.69) is 5.32 Å². The molecule has 74 valence electrons. The summed E-state index contributed by atoms with van der Waals surface area (Å²) >= 11 is 0. The summed E-state index contributed by atoms with van der Waals surface area (Å²) in [5.41, 5.74) is 1.66. The Morgan fingerprint density at radius 2 is 2.14 bits per heavy atom. The third-order valence-electron chi connectivity index (χ3n) is 1.95. The largest absolute Gasteiger partial charge is 0.356 e. The van der Waals surface area contributed by atoms with E-state index in [4.69, 9.17) is 0 Å². The van der Waals surface area contributed by atoms with Crippen molar-refractivity contribution in [3.63, 3.8) is 0 Å². The molecule has 0 fully saturated rings. The Balaban J connectivity index is 2.57. The average Bonchev–Trinajstić information content (AvgIpc) is 2.18. The van der Waals surface area contributed by atoms with Crippen LogP contribution in [0.3, 0.4) is 0 Å². The molecule has 1 aromatic carbocycles. The minimum Gasteiger partial charge on any atom is -0.356 e. The van der Waals surface area contributed by atoms with Gasteiger partial charge in [-0.25, -0.2) is 0 Å². The molecule has 0 aromatic heterocycles. The number of hydrogen-bond donors (Lipinski definition) is 1. The van der Waals surface area contributed by atoms with Gasteiger partial charge in [0.1, 0.15) is 6.29 Å². The summed E-state index contributed by atoms with van der Waals surface area (Å²) in [5, 5.41) is 2.69. The highest BCUT2D eigenvalue weighted by atomic mass is 16.1. The van der Waals surface area contributed by atoms with Gasteiger partial charge in [-0.05, 0) is 12.0 Å². The number of nitrogens with one attached hydrogen (secondary N) is 1. The zero-order valence-electron chi connectivity index (χ0n) is 8.12. The van der Waals surface area contributed by atoms with Gasteiger partial charge < -0.3 is 5.32 Å². The maximum Gasteiger partial charge on any atom is 0.216 e. The molecule has 1 aromatic rings. The van der Waals surface area contributed by atoms with E-state index in [1.165, 1.54) is 6.92 Å². The first-order valence-corrected chi connectivity index (χ1v) is 4.51. The lowest BCUT2D eigenvalue weighted by Crippen LogP contribution is -2.22. The minimum absolute atomic E-state index is 0.0476. The van der Waals surface area contributed by atoms with Gasteiger partial charge in [-0.2, -0.15) is 0 Å². The maximum atomic E-state index is 10.6. The number of aldehydes is 1. The Morgan fingerprint density at radius 1 is 1.43 bits per heavy atom. The molecule has 0 aliphatic carbocycles. The highest BCUT2D eigenvalue weighted by Crippen LogP contribution is 2.05. The van der Waals surface area contributed by atoms with E-state index >= 15 is 0 Å². The molecule has 1 amide bonds. The fraction of sp³-hybridized carbons (Fsp3) is 0.273. The SMILES string of the molecule is CC(=O)NCCc1ccccc1C=O. The third kappa shape index (κ3) is 3.01. The van der Waals surface area contributed by atoms with Gasteiger partial charge in [-0.15, -0.1) is 0 Å². The number of benzene rings is 1. The fourth-order valence-electron chi connectivity index (χ4n) is 1.25. The summed E-state index contributed by atoms with van der Waals surface area (Å²) in [6.07, 6.45) is 1.53. The monoisotopic (exact) mass is 191 g/mol. The highest BCUT2D eigenvalue weighted by molar-refractivity contribution is 5.77. The van der Waals surface area contributed by atoms with E-state index in [9.17, 15) is 9.59 Å². The van der Waals surface area contributed by atoms with Crippen LogP contribution in [0.1, 0.15) is 22.8 Å². The molecule has 0 unspecified atom stereocenters. The van der Waals surface area contributed by atoms with Gasteiger partial charge in [-0.1, -0.05) is 24.3 Å². The molecule has 0 heterocycles. The van der Waals surface area contributed by atoms with Crippen LogP contribution >= 0.6 is 0 Å². The second-order valence-electron chi connectivity index (χ2n) is 3.05. The first kappa shape index (κ1) is 10.4. The van der Waals surface area contributed by atoms with E-state index < -0.39 is 0 Å². The molecule has 0 atom stereocenters. The lowest BCUT2D eigenvalue weighted by Gasteiger charge is -2.04. The number of amides is 1. The molecule has 0 aliphatic rings. The third-order valence-corrected chi connectivity index (χ3v) is 1.95. The maximum absolute atomic E-state index is 10.6. The smallest absolute Gasteiger partial charge is 0.216 e. The summed E-state index contributed by atoms with van der Waals surface area (Å²) in [5.74, 6) is -0.0476. The number of hydrogen-bond acceptors (Lipinski definition) is 2. The normalized spacial score (nSPS) is 9.50. The molecule has 1 rings (SSSR count). The van der Waals surface area contributed by atoms with Crippen molar-refractivity contribution in [1.29, 1.82) is 0 Å². The van der Waals surface area contributed by atoms with Crippen LogP contribution in [0.15, 0.2) is 24.3 Å². The molecular weight excluding hydrogens is 178 g/mol. The molecule has 0 saturated carbocycles. The van der Waals surface area contributed by atoms with Crippen molar-refractivity contribution < 1.29 is 9.59 Å². The molecule has 0 bridgehead atoms. The van der Waals surface area contributed by atoms with Gasteiger partial charge in [0.15, 0.2) is 0 Å². The van der Waals surface area contributed by atoms with E-state index in [0.717, 1.165) is 11.8 Å². The van der Waals surface area contributed by atoms with Gasteiger partial charge in [0, 0.05) is 19.0 Å². The summed E-state index contributed by atoms with van der Waals surface area (Å²) in [4.78, 5) is 21.2. The number of carbonyl (C=O) groups excluding carboxylic acids is 2. The molecule has 0 aliphatic heterocycles. The Kier molecular flexibility index (Phi) is 3.85. The molecule has 3 nitrogen and oxygen atoms in total. The Labute approximate surface area is 83.1 Å². The lowest BCUT2D eigenvalue weighted by molar-refractivity contribution is -0.118. The Bertz CT molecular complexity index is 334. The molecule has 0 spiro atoms. The average molecular weight is 191 g/mol. The predicted octanol–water partition coefficient (Wildman–Crippen LogP) is 1.18. The summed E-state index contributed by atoms with van der Waals surface area (Å²) in [6.45, 7) is 2.05. The Hall–Kier alpha value is -1.64. The lowest BCUT2D eigenvalue weighted by atomic mass is 10.1. The van der Waals surface area contributed by atoms with Crippen molar-refractivity contribution in [3.8, 4) is 0 Å². The Morgan fingerprint density at radius 3 is 2.79 bits per heavy atom. The molecule has 0 radical (unpaired) electrons. The molecular formula is C11H13NO2. The highest BCUT2D eigenvalue weighted by Gasteiger charge is 1.99. The second-order valence-corrected chi connectivity index (χ2v) is 3.05. The molecule has 1 N–H and O–H groups in total. The number of carbonyl (C=O) groups is 2. The van der Waals surface area contributed by atoms with Gasteiger partial charge in [0.05, 0.1) is 0 Å². The van der Waals surface area contributed by atoms with Gasteiger partial charge in [-0.3, -0.25) is 9.59 Å². The van der Waals surface area contributed by atoms with Crippen LogP contribution in [-0.4, -0.2) is 18.7 Å². The van der Waals surface area contributed by atoms with Crippen molar-refractivity contribution in [2.24, 2.45) is 0 Å². The van der Waals surface area contributed by atoms with Crippen molar-refractivity contribution in [3.05, 3.63) is 35.4 Å². The molecule has 3 heteroatoms. The van der Waals surface area contributed by atoms with Crippen LogP contribution in [-0.2, 0) is 11.2 Å².